The SMILES string of the molecule is Br[C@@H]1[C@@H]2CC[C@@H](C2)[C@H]1S[C@H]1[C@@H]2CC[C@@H](C2)[C@@H]1Br. The lowest BCUT2D eigenvalue weighted by Crippen LogP contribution is -2.32. The summed E-state index contributed by atoms with van der Waals surface area (Å²) in [5.41, 5.74) is 0. The van der Waals surface area contributed by atoms with Crippen LogP contribution in [0.5, 0.6) is 0 Å². The van der Waals surface area contributed by atoms with Crippen LogP contribution in [-0.4, -0.2) is 20.2 Å². The van der Waals surface area contributed by atoms with Gasteiger partial charge in [0, 0.05) is 20.2 Å². The lowest BCUT2D eigenvalue weighted by Gasteiger charge is -2.34. The minimum Gasteiger partial charge on any atom is -0.152 e. The second-order valence-electron chi connectivity index (χ2n) is 6.62. The highest BCUT2D eigenvalue weighted by molar-refractivity contribution is 9.10. The Balaban J connectivity index is 1.47. The third kappa shape index (κ3) is 1.81. The highest BCUT2D eigenvalue weighted by Gasteiger charge is 2.52. The first-order valence-corrected chi connectivity index (χ1v) is 9.95. The van der Waals surface area contributed by atoms with E-state index in [0.29, 0.717) is 0 Å². The van der Waals surface area contributed by atoms with Crippen LogP contribution >= 0.6 is 43.6 Å². The molecule has 0 heterocycles. The van der Waals surface area contributed by atoms with Gasteiger partial charge >= 0.3 is 0 Å². The van der Waals surface area contributed by atoms with Gasteiger partial charge in [0.25, 0.3) is 0 Å². The Bertz CT molecular complexity index is 287. The van der Waals surface area contributed by atoms with Crippen molar-refractivity contribution in [1.29, 1.82) is 0 Å². The molecule has 0 saturated heterocycles. The molecule has 0 spiro atoms. The molecular weight excluding hydrogens is 360 g/mol. The van der Waals surface area contributed by atoms with Crippen molar-refractivity contribution in [1.82, 2.24) is 0 Å². The maximum atomic E-state index is 4.01. The lowest BCUT2D eigenvalue weighted by molar-refractivity contribution is 0.488. The average Bonchev–Trinajstić information content (AvgIpc) is 3.05. The smallest absolute Gasteiger partial charge is 0.0295 e. The van der Waals surface area contributed by atoms with Gasteiger partial charge in [0.1, 0.15) is 0 Å². The fourth-order valence-corrected chi connectivity index (χ4v) is 9.51. The minimum atomic E-state index is 0.824. The summed E-state index contributed by atoms with van der Waals surface area (Å²) in [5, 5.41) is 1.86. The van der Waals surface area contributed by atoms with Gasteiger partial charge < -0.3 is 0 Å². The van der Waals surface area contributed by atoms with E-state index < -0.39 is 0 Å². The summed E-state index contributed by atoms with van der Waals surface area (Å²) in [6.07, 6.45) is 9.04. The number of alkyl halides is 2. The van der Waals surface area contributed by atoms with E-state index in [1.165, 1.54) is 38.5 Å². The van der Waals surface area contributed by atoms with Crippen LogP contribution in [0.3, 0.4) is 0 Å². The Kier molecular flexibility index (Phi) is 3.13. The van der Waals surface area contributed by atoms with Crippen molar-refractivity contribution in [3.63, 3.8) is 0 Å². The molecule has 4 fully saturated rings. The quantitative estimate of drug-likeness (QED) is 0.618. The molecule has 0 nitrogen and oxygen atoms in total. The Morgan fingerprint density at radius 3 is 1.41 bits per heavy atom. The molecule has 96 valence electrons. The summed E-state index contributed by atoms with van der Waals surface area (Å²) in [6.45, 7) is 0. The minimum absolute atomic E-state index is 0.824. The van der Waals surface area contributed by atoms with E-state index in [2.05, 4.69) is 43.6 Å². The van der Waals surface area contributed by atoms with Gasteiger partial charge in [-0.3, -0.25) is 0 Å². The fourth-order valence-electron chi connectivity index (χ4n) is 4.89. The highest BCUT2D eigenvalue weighted by Crippen LogP contribution is 2.59. The zero-order valence-electron chi connectivity index (χ0n) is 10.0. The first-order chi connectivity index (χ1) is 8.24. The maximum Gasteiger partial charge on any atom is 0.0295 e. The summed E-state index contributed by atoms with van der Waals surface area (Å²) in [4.78, 5) is 1.65. The second-order valence-corrected chi connectivity index (χ2v) is 10.1. The number of halogens is 2. The predicted octanol–water partition coefficient (Wildman–Crippen LogP) is 4.84. The van der Waals surface area contributed by atoms with Crippen molar-refractivity contribution in [3.8, 4) is 0 Å². The van der Waals surface area contributed by atoms with Crippen molar-refractivity contribution < 1.29 is 0 Å². The monoisotopic (exact) mass is 378 g/mol. The van der Waals surface area contributed by atoms with Crippen LogP contribution in [0.25, 0.3) is 0 Å². The van der Waals surface area contributed by atoms with Crippen LogP contribution in [0.1, 0.15) is 38.5 Å². The molecule has 4 aliphatic carbocycles. The normalized spacial score (nSPS) is 60.4. The molecule has 0 aromatic rings. The van der Waals surface area contributed by atoms with E-state index in [-0.39, 0.29) is 0 Å². The predicted molar refractivity (Wildman–Crippen MR) is 82.3 cm³/mol. The van der Waals surface area contributed by atoms with Crippen LogP contribution in [0.4, 0.5) is 0 Å². The van der Waals surface area contributed by atoms with Crippen molar-refractivity contribution in [3.05, 3.63) is 0 Å². The standard InChI is InChI=1S/C14H20Br2S/c15-11-7-1-3-9(5-7)13(11)17-14-10-4-2-8(6-10)12(14)16/h7-14H,1-6H2/t7-,8+,9+,10-,11-,12+,13-,14+. The molecule has 0 aromatic heterocycles. The Morgan fingerprint density at radius 2 is 1.06 bits per heavy atom. The maximum absolute atomic E-state index is 4.01. The first-order valence-electron chi connectivity index (χ1n) is 7.17. The van der Waals surface area contributed by atoms with Crippen molar-refractivity contribution in [2.45, 2.75) is 58.7 Å². The van der Waals surface area contributed by atoms with Gasteiger partial charge in [-0.25, -0.2) is 0 Å². The molecule has 4 bridgehead atoms. The van der Waals surface area contributed by atoms with E-state index in [4.69, 9.17) is 0 Å². The molecule has 8 atom stereocenters. The zero-order valence-corrected chi connectivity index (χ0v) is 14.0. The molecule has 0 aliphatic heterocycles. The second kappa shape index (κ2) is 4.41. The molecule has 4 aliphatic rings. The summed E-state index contributed by atoms with van der Waals surface area (Å²) in [6, 6.07) is 0. The van der Waals surface area contributed by atoms with Crippen molar-refractivity contribution in [2.24, 2.45) is 23.7 Å². The molecule has 0 unspecified atom stereocenters. The Morgan fingerprint density at radius 1 is 0.647 bits per heavy atom. The molecule has 0 amide bonds. The van der Waals surface area contributed by atoms with Crippen molar-refractivity contribution >= 4 is 43.6 Å². The Labute approximate surface area is 125 Å². The number of hydrogen-bond acceptors (Lipinski definition) is 1. The molecule has 0 N–H and O–H groups in total. The van der Waals surface area contributed by atoms with Gasteiger partial charge in [-0.15, -0.1) is 0 Å². The van der Waals surface area contributed by atoms with Crippen LogP contribution in [0, 0.1) is 23.7 Å². The number of thioether (sulfide) groups is 1. The highest BCUT2D eigenvalue weighted by atomic mass is 79.9. The van der Waals surface area contributed by atoms with Gasteiger partial charge in [0.2, 0.25) is 0 Å². The first kappa shape index (κ1) is 12.1. The lowest BCUT2D eigenvalue weighted by atomic mass is 9.99. The number of fused-ring (bicyclic) bond motifs is 4. The van der Waals surface area contributed by atoms with Gasteiger partial charge in [-0.1, -0.05) is 31.9 Å². The zero-order chi connectivity index (χ0) is 11.6. The molecule has 0 aromatic carbocycles. The van der Waals surface area contributed by atoms with E-state index in [9.17, 15) is 0 Å². The molecule has 4 rings (SSSR count). The van der Waals surface area contributed by atoms with Crippen molar-refractivity contribution in [2.75, 3.05) is 0 Å². The third-order valence-electron chi connectivity index (χ3n) is 5.80. The topological polar surface area (TPSA) is 0 Å². The van der Waals surface area contributed by atoms with Crippen LogP contribution in [0.15, 0.2) is 0 Å². The molecule has 4 saturated carbocycles. The molecule has 17 heavy (non-hydrogen) atoms. The largest absolute Gasteiger partial charge is 0.152 e. The fraction of sp³-hybridized carbons (Fsp3) is 1.00. The van der Waals surface area contributed by atoms with E-state index in [1.807, 2.05) is 0 Å². The van der Waals surface area contributed by atoms with Crippen LogP contribution < -0.4 is 0 Å². The van der Waals surface area contributed by atoms with E-state index in [0.717, 1.165) is 43.8 Å². The molecular formula is C14H20Br2S. The Hall–Kier alpha value is 1.31. The van der Waals surface area contributed by atoms with Crippen LogP contribution in [-0.2, 0) is 0 Å². The third-order valence-corrected chi connectivity index (χ3v) is 11.1. The summed E-state index contributed by atoms with van der Waals surface area (Å²) in [5.74, 6) is 4.08. The summed E-state index contributed by atoms with van der Waals surface area (Å²) < 4.78 is 0. The molecule has 3 heteroatoms. The average molecular weight is 380 g/mol. The van der Waals surface area contributed by atoms with Gasteiger partial charge in [0.05, 0.1) is 0 Å². The number of rotatable bonds is 2. The van der Waals surface area contributed by atoms with Gasteiger partial charge in [0.15, 0.2) is 0 Å². The summed E-state index contributed by atoms with van der Waals surface area (Å²) >= 11 is 10.4. The van der Waals surface area contributed by atoms with Gasteiger partial charge in [-0.05, 0) is 62.2 Å². The number of hydrogen-bond donors (Lipinski definition) is 0. The van der Waals surface area contributed by atoms with Crippen LogP contribution in [0.2, 0.25) is 0 Å². The summed E-state index contributed by atoms with van der Waals surface area (Å²) in [7, 11) is 0. The van der Waals surface area contributed by atoms with E-state index >= 15 is 0 Å². The van der Waals surface area contributed by atoms with Gasteiger partial charge in [-0.2, -0.15) is 11.8 Å². The molecule has 0 radical (unpaired) electrons. The van der Waals surface area contributed by atoms with E-state index in [1.54, 1.807) is 0 Å².